The average molecular weight is 657 g/mol. The number of benzene rings is 2. The zero-order valence-corrected chi connectivity index (χ0v) is 25.7. The minimum absolute atomic E-state index is 0.122. The number of hydrogen-bond acceptors (Lipinski definition) is 14. The van der Waals surface area contributed by atoms with Crippen molar-refractivity contribution in [3.05, 3.63) is 65.0 Å². The Balaban J connectivity index is 1.76. The fraction of sp³-hybridized carbons (Fsp3) is 0.345. The number of carbonyl (C=O) groups excluding carboxylic acids is 4. The highest BCUT2D eigenvalue weighted by Gasteiger charge is 2.57. The molecule has 2 aromatic carbocycles. The van der Waals surface area contributed by atoms with Crippen molar-refractivity contribution in [2.75, 3.05) is 6.61 Å². The number of hydrogen-bond donors (Lipinski definition) is 0. The lowest BCUT2D eigenvalue weighted by molar-refractivity contribution is -0.238. The second-order valence-electron chi connectivity index (χ2n) is 10.2. The van der Waals surface area contributed by atoms with Crippen LogP contribution < -0.4 is 5.56 Å². The van der Waals surface area contributed by atoms with Gasteiger partial charge in [0.25, 0.3) is 10.7 Å². The van der Waals surface area contributed by atoms with Crippen LogP contribution in [0.15, 0.2) is 64.5 Å². The fourth-order valence-corrected chi connectivity index (χ4v) is 6.86. The topological polar surface area (TPSA) is 201 Å². The number of fused-ring (bicyclic) bond motifs is 3. The molecule has 1 aliphatic heterocycles. The van der Waals surface area contributed by atoms with E-state index in [9.17, 15) is 32.4 Å². The van der Waals surface area contributed by atoms with Crippen LogP contribution in [0.2, 0.25) is 0 Å². The van der Waals surface area contributed by atoms with Gasteiger partial charge in [0.2, 0.25) is 21.1 Å². The summed E-state index contributed by atoms with van der Waals surface area (Å²) < 4.78 is 58.5. The molecule has 0 radical (unpaired) electrons. The molecule has 242 valence electrons. The molecule has 0 bridgehead atoms. The zero-order chi connectivity index (χ0) is 33.3. The Hall–Kier alpha value is -5.16. The number of sulfone groups is 1. The molecular weight excluding hydrogens is 628 g/mol. The molecule has 3 heterocycles. The highest BCUT2D eigenvalue weighted by Crippen LogP contribution is 2.34. The summed E-state index contributed by atoms with van der Waals surface area (Å²) in [7, 11) is -4.93. The van der Waals surface area contributed by atoms with E-state index in [1.165, 1.54) is 16.7 Å². The lowest BCUT2D eigenvalue weighted by atomic mass is 9.99. The molecule has 0 saturated carbocycles. The highest BCUT2D eigenvalue weighted by molar-refractivity contribution is 7.91. The summed E-state index contributed by atoms with van der Waals surface area (Å²) in [6.45, 7) is 3.48. The summed E-state index contributed by atoms with van der Waals surface area (Å²) in [5.74, 6) is -3.74. The summed E-state index contributed by atoms with van der Waals surface area (Å²) >= 11 is 0. The predicted molar refractivity (Wildman–Crippen MR) is 155 cm³/mol. The first-order valence-electron chi connectivity index (χ1n) is 13.8. The second-order valence-corrected chi connectivity index (χ2v) is 12.1. The van der Waals surface area contributed by atoms with Crippen LogP contribution >= 0.6 is 0 Å². The molecule has 0 spiro atoms. The van der Waals surface area contributed by atoms with E-state index >= 15 is 0 Å². The average Bonchev–Trinajstić information content (AvgIpc) is 3.44. The molecule has 0 aliphatic carbocycles. The van der Waals surface area contributed by atoms with Crippen LogP contribution in [-0.2, 0) is 52.7 Å². The standard InChI is InChI=1S/C29H28N4O12S/c1-15(34)41-14-22-23(42-16(2)35)24(43-17(3)36)25(44-18(4)37)27(45-22)46(39,40)29-31-30-28-32(19-10-6-5-7-11-19)26(38)20-12-8-9-13-21(20)33(28)29/h5-13,22-25,27H,14H2,1-4H3/t22-,23+,24+,25-,27+/m1/s1. The maximum atomic E-state index is 14.6. The molecule has 1 fully saturated rings. The summed E-state index contributed by atoms with van der Waals surface area (Å²) in [6, 6.07) is 14.5. The van der Waals surface area contributed by atoms with Crippen molar-refractivity contribution in [1.82, 2.24) is 19.2 Å². The predicted octanol–water partition coefficient (Wildman–Crippen LogP) is 0.890. The van der Waals surface area contributed by atoms with Gasteiger partial charge in [-0.05, 0) is 24.3 Å². The monoisotopic (exact) mass is 656 g/mol. The van der Waals surface area contributed by atoms with E-state index in [2.05, 4.69) is 10.2 Å². The van der Waals surface area contributed by atoms with Crippen LogP contribution in [0.25, 0.3) is 22.4 Å². The van der Waals surface area contributed by atoms with Crippen molar-refractivity contribution in [3.63, 3.8) is 0 Å². The van der Waals surface area contributed by atoms with E-state index in [0.717, 1.165) is 32.1 Å². The Morgan fingerprint density at radius 1 is 0.783 bits per heavy atom. The van der Waals surface area contributed by atoms with Gasteiger partial charge >= 0.3 is 23.9 Å². The molecule has 0 amide bonds. The van der Waals surface area contributed by atoms with E-state index < -0.39 is 80.9 Å². The lowest BCUT2D eigenvalue weighted by Crippen LogP contribution is -2.64. The van der Waals surface area contributed by atoms with Crippen LogP contribution in [0.4, 0.5) is 0 Å². The maximum absolute atomic E-state index is 14.6. The van der Waals surface area contributed by atoms with Crippen molar-refractivity contribution in [3.8, 4) is 5.69 Å². The number of aromatic nitrogens is 4. The van der Waals surface area contributed by atoms with Crippen molar-refractivity contribution < 1.29 is 51.3 Å². The summed E-state index contributed by atoms with van der Waals surface area (Å²) in [6.07, 6.45) is -6.75. The van der Waals surface area contributed by atoms with Gasteiger partial charge in [0.1, 0.15) is 12.7 Å². The molecule has 2 aromatic heterocycles. The van der Waals surface area contributed by atoms with Gasteiger partial charge in [-0.25, -0.2) is 13.0 Å². The highest BCUT2D eigenvalue weighted by atomic mass is 32.2. The number of carbonyl (C=O) groups is 4. The maximum Gasteiger partial charge on any atom is 0.303 e. The molecule has 46 heavy (non-hydrogen) atoms. The first-order chi connectivity index (χ1) is 21.8. The molecule has 0 unspecified atom stereocenters. The molecule has 17 heteroatoms. The van der Waals surface area contributed by atoms with Gasteiger partial charge in [-0.1, -0.05) is 30.3 Å². The van der Waals surface area contributed by atoms with Gasteiger partial charge < -0.3 is 23.7 Å². The molecular formula is C29H28N4O12S. The molecule has 4 aromatic rings. The Morgan fingerprint density at radius 2 is 1.37 bits per heavy atom. The van der Waals surface area contributed by atoms with E-state index in [1.54, 1.807) is 42.5 Å². The molecule has 1 aliphatic rings. The Labute approximate surface area is 260 Å². The second kappa shape index (κ2) is 12.7. The van der Waals surface area contributed by atoms with Crippen LogP contribution in [0.5, 0.6) is 0 Å². The van der Waals surface area contributed by atoms with Crippen molar-refractivity contribution in [2.45, 2.75) is 62.7 Å². The summed E-state index contributed by atoms with van der Waals surface area (Å²) in [5, 5.41) is 7.42. The van der Waals surface area contributed by atoms with E-state index in [-0.39, 0.29) is 16.7 Å². The largest absolute Gasteiger partial charge is 0.463 e. The number of ether oxygens (including phenoxy) is 5. The van der Waals surface area contributed by atoms with Crippen molar-refractivity contribution in [1.29, 1.82) is 0 Å². The van der Waals surface area contributed by atoms with E-state index in [4.69, 9.17) is 23.7 Å². The minimum atomic E-state index is -4.93. The van der Waals surface area contributed by atoms with Crippen LogP contribution in [0.3, 0.4) is 0 Å². The number of rotatable bonds is 8. The van der Waals surface area contributed by atoms with Gasteiger partial charge in [-0.15, -0.1) is 10.2 Å². The Morgan fingerprint density at radius 3 is 2.00 bits per heavy atom. The number of esters is 4. The number of nitrogens with zero attached hydrogens (tertiary/aromatic N) is 4. The minimum Gasteiger partial charge on any atom is -0.463 e. The van der Waals surface area contributed by atoms with Gasteiger partial charge in [-0.2, -0.15) is 0 Å². The van der Waals surface area contributed by atoms with Crippen molar-refractivity contribution >= 4 is 50.4 Å². The van der Waals surface area contributed by atoms with Gasteiger partial charge in [0.05, 0.1) is 16.6 Å². The lowest BCUT2D eigenvalue weighted by Gasteiger charge is -2.43. The van der Waals surface area contributed by atoms with E-state index in [0.29, 0.717) is 5.69 Å². The molecule has 5 rings (SSSR count). The molecule has 16 nitrogen and oxygen atoms in total. The van der Waals surface area contributed by atoms with Gasteiger partial charge in [0, 0.05) is 27.7 Å². The normalized spacial score (nSPS) is 21.4. The van der Waals surface area contributed by atoms with Crippen LogP contribution in [0.1, 0.15) is 27.7 Å². The number of para-hydroxylation sites is 2. The third kappa shape index (κ3) is 6.05. The third-order valence-electron chi connectivity index (χ3n) is 6.92. The summed E-state index contributed by atoms with van der Waals surface area (Å²) in [4.78, 5) is 61.9. The summed E-state index contributed by atoms with van der Waals surface area (Å²) in [5.41, 5.74) is -2.18. The quantitative estimate of drug-likeness (QED) is 0.191. The smallest absolute Gasteiger partial charge is 0.303 e. The molecule has 5 atom stereocenters. The Bertz CT molecular complexity index is 2010. The van der Waals surface area contributed by atoms with Crippen molar-refractivity contribution in [2.24, 2.45) is 0 Å². The Kier molecular flexibility index (Phi) is 8.89. The van der Waals surface area contributed by atoms with Gasteiger partial charge in [-0.3, -0.25) is 28.4 Å². The van der Waals surface area contributed by atoms with Gasteiger partial charge in [0.15, 0.2) is 18.3 Å². The van der Waals surface area contributed by atoms with Crippen LogP contribution in [-0.4, -0.2) is 87.9 Å². The zero-order valence-electron chi connectivity index (χ0n) is 24.9. The first kappa shape index (κ1) is 32.2. The first-order valence-corrected chi connectivity index (χ1v) is 15.3. The molecule has 0 N–H and O–H groups in total. The SMILES string of the molecule is CC(=O)OC[C@H]1O[C@@H](S(=O)(=O)c2nnc3n(-c4ccccc4)c(=O)c4ccccc4n23)[C@H](OC(C)=O)[C@@H](OC(C)=O)[C@H]1OC(C)=O. The van der Waals surface area contributed by atoms with Crippen LogP contribution in [0, 0.1) is 0 Å². The fourth-order valence-electron chi connectivity index (χ4n) is 5.22. The molecule has 1 saturated heterocycles. The van der Waals surface area contributed by atoms with E-state index in [1.807, 2.05) is 0 Å². The third-order valence-corrected chi connectivity index (χ3v) is 8.68.